The maximum atomic E-state index is 13.6. The van der Waals surface area contributed by atoms with Gasteiger partial charge in [-0.3, -0.25) is 9.59 Å². The Bertz CT molecular complexity index is 894. The van der Waals surface area contributed by atoms with Gasteiger partial charge in [-0.05, 0) is 42.2 Å². The molecule has 1 aliphatic heterocycles. The Hall–Kier alpha value is -2.04. The molecule has 1 heterocycles. The van der Waals surface area contributed by atoms with Gasteiger partial charge in [-0.1, -0.05) is 72.8 Å². The summed E-state index contributed by atoms with van der Waals surface area (Å²) in [6, 6.07) is 14.1. The lowest BCUT2D eigenvalue weighted by Crippen LogP contribution is -2.58. The van der Waals surface area contributed by atoms with E-state index >= 15 is 0 Å². The van der Waals surface area contributed by atoms with E-state index in [0.29, 0.717) is 16.6 Å². The second kappa shape index (κ2) is 8.76. The molecule has 1 aliphatic carbocycles. The quantitative estimate of drug-likeness (QED) is 0.665. The summed E-state index contributed by atoms with van der Waals surface area (Å²) in [4.78, 5) is 30.3. The number of rotatable bonds is 4. The Morgan fingerprint density at radius 2 is 1.59 bits per heavy atom. The predicted octanol–water partition coefficient (Wildman–Crippen LogP) is 5.24. The molecule has 1 atom stereocenters. The van der Waals surface area contributed by atoms with Crippen molar-refractivity contribution in [3.8, 4) is 0 Å². The third-order valence-electron chi connectivity index (χ3n) is 5.95. The van der Waals surface area contributed by atoms with Crippen LogP contribution in [-0.4, -0.2) is 34.2 Å². The van der Waals surface area contributed by atoms with Crippen LogP contribution in [0.1, 0.15) is 49.3 Å². The van der Waals surface area contributed by atoms with E-state index in [1.807, 2.05) is 35.2 Å². The van der Waals surface area contributed by atoms with Gasteiger partial charge in [0.1, 0.15) is 12.6 Å². The lowest BCUT2D eigenvalue weighted by molar-refractivity contribution is -0.160. The van der Waals surface area contributed by atoms with Gasteiger partial charge in [0.25, 0.3) is 5.91 Å². The molecule has 2 aromatic carbocycles. The zero-order valence-electron chi connectivity index (χ0n) is 16.2. The van der Waals surface area contributed by atoms with Gasteiger partial charge < -0.3 is 9.80 Å². The Morgan fingerprint density at radius 1 is 0.897 bits per heavy atom. The molecule has 152 valence electrons. The minimum absolute atomic E-state index is 0.00845. The highest BCUT2D eigenvalue weighted by Crippen LogP contribution is 2.34. The number of halogens is 2. The van der Waals surface area contributed by atoms with E-state index in [2.05, 4.69) is 0 Å². The number of hydrogen-bond donors (Lipinski definition) is 0. The van der Waals surface area contributed by atoms with Crippen LogP contribution in [0.25, 0.3) is 0 Å². The first-order chi connectivity index (χ1) is 14.0. The maximum absolute atomic E-state index is 13.6. The normalized spacial score (nSPS) is 21.0. The highest BCUT2D eigenvalue weighted by molar-refractivity contribution is 6.31. The highest BCUT2D eigenvalue weighted by atomic mass is 35.5. The highest BCUT2D eigenvalue weighted by Gasteiger charge is 2.43. The third-order valence-corrected chi connectivity index (χ3v) is 6.58. The number of carbonyl (C=O) groups excluding carboxylic acids is 2. The van der Waals surface area contributed by atoms with Gasteiger partial charge in [-0.25, -0.2) is 0 Å². The zero-order chi connectivity index (χ0) is 20.4. The molecule has 6 heteroatoms. The minimum Gasteiger partial charge on any atom is -0.328 e. The standard InChI is InChI=1S/C23H24Cl2N2O2/c24-18-12-10-16(11-13-18)22-23(29)26(19-7-2-1-3-8-19)15-21(28)27(22)14-17-6-4-5-9-20(17)25/h4-6,9-13,19,22H,1-3,7-8,14-15H2/t22-/m1/s1. The Labute approximate surface area is 181 Å². The summed E-state index contributed by atoms with van der Waals surface area (Å²) in [5.41, 5.74) is 1.61. The Morgan fingerprint density at radius 3 is 2.28 bits per heavy atom. The molecule has 2 aliphatic rings. The molecular formula is C23H24Cl2N2O2. The average Bonchev–Trinajstić information content (AvgIpc) is 2.74. The van der Waals surface area contributed by atoms with Crippen molar-refractivity contribution < 1.29 is 9.59 Å². The van der Waals surface area contributed by atoms with Crippen LogP contribution in [0, 0.1) is 0 Å². The smallest absolute Gasteiger partial charge is 0.250 e. The molecule has 2 amide bonds. The second-order valence-corrected chi connectivity index (χ2v) is 8.67. The molecule has 1 saturated carbocycles. The van der Waals surface area contributed by atoms with Crippen LogP contribution >= 0.6 is 23.2 Å². The monoisotopic (exact) mass is 430 g/mol. The summed E-state index contributed by atoms with van der Waals surface area (Å²) in [5.74, 6) is -0.0547. The molecule has 4 rings (SSSR count). The van der Waals surface area contributed by atoms with Gasteiger partial charge in [0, 0.05) is 22.6 Å². The molecule has 0 spiro atoms. The number of amides is 2. The fourth-order valence-electron chi connectivity index (χ4n) is 4.41. The van der Waals surface area contributed by atoms with Crippen molar-refractivity contribution in [2.45, 2.75) is 50.7 Å². The van der Waals surface area contributed by atoms with Crippen LogP contribution in [0.15, 0.2) is 48.5 Å². The molecule has 0 N–H and O–H groups in total. The molecule has 4 nitrogen and oxygen atoms in total. The summed E-state index contributed by atoms with van der Waals surface area (Å²) < 4.78 is 0. The van der Waals surface area contributed by atoms with Gasteiger partial charge in [0.05, 0.1) is 0 Å². The number of nitrogens with zero attached hydrogens (tertiary/aromatic N) is 2. The number of benzene rings is 2. The van der Waals surface area contributed by atoms with Crippen molar-refractivity contribution in [1.29, 1.82) is 0 Å². The van der Waals surface area contributed by atoms with Gasteiger partial charge >= 0.3 is 0 Å². The van der Waals surface area contributed by atoms with E-state index in [4.69, 9.17) is 23.2 Å². The van der Waals surface area contributed by atoms with Crippen molar-refractivity contribution in [2.24, 2.45) is 0 Å². The summed E-state index contributed by atoms with van der Waals surface area (Å²) in [7, 11) is 0. The third kappa shape index (κ3) is 4.29. The van der Waals surface area contributed by atoms with Crippen LogP contribution in [0.5, 0.6) is 0 Å². The molecular weight excluding hydrogens is 407 g/mol. The Balaban J connectivity index is 1.69. The lowest BCUT2D eigenvalue weighted by Gasteiger charge is -2.44. The van der Waals surface area contributed by atoms with E-state index in [1.54, 1.807) is 23.1 Å². The number of piperazine rings is 1. The molecule has 0 unspecified atom stereocenters. The largest absolute Gasteiger partial charge is 0.328 e. The van der Waals surface area contributed by atoms with Crippen molar-refractivity contribution in [2.75, 3.05) is 6.54 Å². The van der Waals surface area contributed by atoms with E-state index in [0.717, 1.165) is 36.8 Å². The average molecular weight is 431 g/mol. The number of carbonyl (C=O) groups is 2. The first-order valence-corrected chi connectivity index (χ1v) is 10.9. The summed E-state index contributed by atoms with van der Waals surface area (Å²) in [6.45, 7) is 0.439. The topological polar surface area (TPSA) is 40.6 Å². The summed E-state index contributed by atoms with van der Waals surface area (Å²) in [5, 5.41) is 1.20. The van der Waals surface area contributed by atoms with E-state index in [-0.39, 0.29) is 24.4 Å². The molecule has 2 aromatic rings. The maximum Gasteiger partial charge on any atom is 0.250 e. The number of hydrogen-bond acceptors (Lipinski definition) is 2. The fraction of sp³-hybridized carbons (Fsp3) is 0.391. The van der Waals surface area contributed by atoms with Gasteiger partial charge in [0.15, 0.2) is 0 Å². The van der Waals surface area contributed by atoms with Gasteiger partial charge in [-0.15, -0.1) is 0 Å². The second-order valence-electron chi connectivity index (χ2n) is 7.83. The molecule has 0 radical (unpaired) electrons. The van der Waals surface area contributed by atoms with E-state index in [9.17, 15) is 9.59 Å². The van der Waals surface area contributed by atoms with Crippen LogP contribution < -0.4 is 0 Å². The van der Waals surface area contributed by atoms with Crippen molar-refractivity contribution in [3.05, 3.63) is 69.7 Å². The van der Waals surface area contributed by atoms with Crippen LogP contribution in [0.3, 0.4) is 0 Å². The fourth-order valence-corrected chi connectivity index (χ4v) is 4.73. The van der Waals surface area contributed by atoms with Crippen LogP contribution in [-0.2, 0) is 16.1 Å². The molecule has 1 saturated heterocycles. The minimum atomic E-state index is -0.660. The first kappa shape index (κ1) is 20.2. The lowest BCUT2D eigenvalue weighted by atomic mass is 9.91. The van der Waals surface area contributed by atoms with Crippen LogP contribution in [0.4, 0.5) is 0 Å². The zero-order valence-corrected chi connectivity index (χ0v) is 17.7. The van der Waals surface area contributed by atoms with Gasteiger partial charge in [0.2, 0.25) is 5.91 Å². The van der Waals surface area contributed by atoms with E-state index in [1.165, 1.54) is 6.42 Å². The van der Waals surface area contributed by atoms with Crippen molar-refractivity contribution in [3.63, 3.8) is 0 Å². The van der Waals surface area contributed by atoms with E-state index < -0.39 is 6.04 Å². The SMILES string of the molecule is O=C1[C@@H](c2ccc(Cl)cc2)N(Cc2ccccc2Cl)C(=O)CN1C1CCCCC1. The summed E-state index contributed by atoms with van der Waals surface area (Å²) in [6.07, 6.45) is 5.36. The van der Waals surface area contributed by atoms with Crippen LogP contribution in [0.2, 0.25) is 10.0 Å². The molecule has 0 aromatic heterocycles. The first-order valence-electron chi connectivity index (χ1n) is 10.1. The predicted molar refractivity (Wildman–Crippen MR) is 115 cm³/mol. The van der Waals surface area contributed by atoms with Crippen molar-refractivity contribution in [1.82, 2.24) is 9.80 Å². The van der Waals surface area contributed by atoms with Gasteiger partial charge in [-0.2, -0.15) is 0 Å². The van der Waals surface area contributed by atoms with Crippen molar-refractivity contribution >= 4 is 35.0 Å². The molecule has 29 heavy (non-hydrogen) atoms. The summed E-state index contributed by atoms with van der Waals surface area (Å²) >= 11 is 12.4. The molecule has 2 fully saturated rings. The molecule has 0 bridgehead atoms. The Kier molecular flexibility index (Phi) is 6.12.